The van der Waals surface area contributed by atoms with Crippen LogP contribution in [0, 0.1) is 0 Å². The molecule has 1 atom stereocenters. The lowest BCUT2D eigenvalue weighted by atomic mass is 10.1. The quantitative estimate of drug-likeness (QED) is 0.699. The number of hydrogen-bond acceptors (Lipinski definition) is 4. The van der Waals surface area contributed by atoms with Crippen molar-refractivity contribution < 1.29 is 27.5 Å². The van der Waals surface area contributed by atoms with Crippen molar-refractivity contribution in [1.82, 2.24) is 4.90 Å². The molecule has 0 radical (unpaired) electrons. The van der Waals surface area contributed by atoms with E-state index in [9.17, 15) is 22.8 Å². The van der Waals surface area contributed by atoms with Gasteiger partial charge in [-0.15, -0.1) is 0 Å². The van der Waals surface area contributed by atoms with Gasteiger partial charge in [0.1, 0.15) is 0 Å². The van der Waals surface area contributed by atoms with Gasteiger partial charge in [-0.3, -0.25) is 9.59 Å². The minimum Gasteiger partial charge on any atom is -0.469 e. The lowest BCUT2D eigenvalue weighted by Crippen LogP contribution is -2.40. The van der Waals surface area contributed by atoms with Gasteiger partial charge in [-0.2, -0.15) is 13.2 Å². The molecule has 0 saturated heterocycles. The maximum Gasteiger partial charge on any atom is 0.417 e. The second kappa shape index (κ2) is 8.65. The number of anilines is 1. The van der Waals surface area contributed by atoms with Crippen molar-refractivity contribution in [2.75, 3.05) is 25.1 Å². The third-order valence-electron chi connectivity index (χ3n) is 4.24. The number of carbonyl (C=O) groups excluding carboxylic acids is 2. The number of methoxy groups -OCH3 is 1. The van der Waals surface area contributed by atoms with Crippen molar-refractivity contribution >= 4 is 29.2 Å². The van der Waals surface area contributed by atoms with Gasteiger partial charge in [-0.25, -0.2) is 0 Å². The molecule has 148 valence electrons. The second-order valence-electron chi connectivity index (χ2n) is 6.20. The van der Waals surface area contributed by atoms with E-state index in [0.717, 1.165) is 6.07 Å². The fourth-order valence-electron chi connectivity index (χ4n) is 2.84. The Balaban J connectivity index is 2.16. The Labute approximate surface area is 160 Å². The van der Waals surface area contributed by atoms with Crippen molar-refractivity contribution in [2.45, 2.75) is 32.0 Å². The number of hydrogen-bond donors (Lipinski definition) is 0. The maximum atomic E-state index is 13.1. The molecule has 1 aliphatic heterocycles. The molecule has 27 heavy (non-hydrogen) atoms. The molecule has 1 amide bonds. The monoisotopic (exact) mass is 404 g/mol. The highest BCUT2D eigenvalue weighted by Gasteiger charge is 2.34. The van der Waals surface area contributed by atoms with Crippen molar-refractivity contribution in [3.63, 3.8) is 0 Å². The molecule has 0 bridgehead atoms. The molecule has 9 heteroatoms. The number of alkyl halides is 3. The standard InChI is InChI=1S/C18H20ClF3N2O3/c1-12-11-23(8-3-4-17(26)27-2)16(25)7-9-24(12)13-5-6-15(19)14(10-13)18(20,21)22/h5-7,9-10,12H,3-4,8,11H2,1-2H3/t12-/m1/s1. The fraction of sp³-hybridized carbons (Fsp3) is 0.444. The van der Waals surface area contributed by atoms with Crippen LogP contribution >= 0.6 is 11.6 Å². The van der Waals surface area contributed by atoms with Crippen LogP contribution in [-0.4, -0.2) is 43.0 Å². The minimum absolute atomic E-state index is 0.189. The van der Waals surface area contributed by atoms with Gasteiger partial charge in [0.25, 0.3) is 0 Å². The van der Waals surface area contributed by atoms with Crippen LogP contribution in [0.15, 0.2) is 30.5 Å². The first-order valence-electron chi connectivity index (χ1n) is 8.32. The predicted octanol–water partition coefficient (Wildman–Crippen LogP) is 3.86. The Kier molecular flexibility index (Phi) is 6.75. The van der Waals surface area contributed by atoms with E-state index >= 15 is 0 Å². The zero-order chi connectivity index (χ0) is 20.2. The normalized spacial score (nSPS) is 17.9. The highest BCUT2D eigenvalue weighted by molar-refractivity contribution is 6.31. The van der Waals surface area contributed by atoms with Gasteiger partial charge >= 0.3 is 12.1 Å². The molecule has 1 aliphatic rings. The number of benzene rings is 1. The summed E-state index contributed by atoms with van der Waals surface area (Å²) in [4.78, 5) is 26.6. The van der Waals surface area contributed by atoms with E-state index in [-0.39, 0.29) is 29.4 Å². The summed E-state index contributed by atoms with van der Waals surface area (Å²) in [7, 11) is 1.30. The number of ether oxygens (including phenoxy) is 1. The smallest absolute Gasteiger partial charge is 0.417 e. The molecular weight excluding hydrogens is 385 g/mol. The highest BCUT2D eigenvalue weighted by Crippen LogP contribution is 2.37. The minimum atomic E-state index is -4.57. The largest absolute Gasteiger partial charge is 0.469 e. The molecule has 2 rings (SSSR count). The summed E-state index contributed by atoms with van der Waals surface area (Å²) in [5.74, 6) is -0.623. The SMILES string of the molecule is COC(=O)CCCN1C[C@@H](C)N(c2ccc(Cl)c(C(F)(F)F)c2)C=CC1=O. The van der Waals surface area contributed by atoms with Crippen LogP contribution in [0.3, 0.4) is 0 Å². The molecule has 1 aromatic carbocycles. The lowest BCUT2D eigenvalue weighted by molar-refractivity contribution is -0.141. The first-order valence-corrected chi connectivity index (χ1v) is 8.70. The molecule has 0 N–H and O–H groups in total. The van der Waals surface area contributed by atoms with Gasteiger partial charge in [0, 0.05) is 43.5 Å². The number of amides is 1. The first-order chi connectivity index (χ1) is 12.6. The number of carbonyl (C=O) groups is 2. The average Bonchev–Trinajstić information content (AvgIpc) is 2.73. The van der Waals surface area contributed by atoms with Crippen molar-refractivity contribution in [3.05, 3.63) is 41.1 Å². The van der Waals surface area contributed by atoms with E-state index in [4.69, 9.17) is 11.6 Å². The fourth-order valence-corrected chi connectivity index (χ4v) is 3.07. The van der Waals surface area contributed by atoms with Crippen LogP contribution in [0.5, 0.6) is 0 Å². The molecular formula is C18H20ClF3N2O3. The first kappa shape index (κ1) is 21.1. The Bertz CT molecular complexity index is 737. The third kappa shape index (κ3) is 5.38. The summed E-state index contributed by atoms with van der Waals surface area (Å²) in [5, 5.41) is -0.377. The van der Waals surface area contributed by atoms with Gasteiger partial charge in [0.2, 0.25) is 5.91 Å². The van der Waals surface area contributed by atoms with Crippen LogP contribution in [0.2, 0.25) is 5.02 Å². The van der Waals surface area contributed by atoms with E-state index in [1.54, 1.807) is 16.7 Å². The Hall–Kier alpha value is -2.22. The lowest BCUT2D eigenvalue weighted by Gasteiger charge is -2.30. The summed E-state index contributed by atoms with van der Waals surface area (Å²) in [6.45, 7) is 2.46. The molecule has 0 unspecified atom stereocenters. The summed E-state index contributed by atoms with van der Waals surface area (Å²) in [6, 6.07) is 3.38. The zero-order valence-electron chi connectivity index (χ0n) is 14.9. The molecule has 1 aromatic rings. The molecule has 0 spiro atoms. The van der Waals surface area contributed by atoms with Crippen molar-refractivity contribution in [3.8, 4) is 0 Å². The summed E-state index contributed by atoms with van der Waals surface area (Å²) >= 11 is 5.67. The topological polar surface area (TPSA) is 49.9 Å². The Morgan fingerprint density at radius 3 is 2.70 bits per heavy atom. The van der Waals surface area contributed by atoms with Gasteiger partial charge in [-0.1, -0.05) is 11.6 Å². The van der Waals surface area contributed by atoms with Crippen LogP contribution in [0.1, 0.15) is 25.3 Å². The average molecular weight is 405 g/mol. The van der Waals surface area contributed by atoms with Crippen molar-refractivity contribution in [1.29, 1.82) is 0 Å². The van der Waals surface area contributed by atoms with Gasteiger partial charge in [0.15, 0.2) is 0 Å². The summed E-state index contributed by atoms with van der Waals surface area (Å²) < 4.78 is 43.9. The Morgan fingerprint density at radius 2 is 2.07 bits per heavy atom. The molecule has 0 saturated carbocycles. The zero-order valence-corrected chi connectivity index (χ0v) is 15.7. The molecule has 0 aromatic heterocycles. The van der Waals surface area contributed by atoms with E-state index in [1.165, 1.54) is 31.5 Å². The van der Waals surface area contributed by atoms with Crippen LogP contribution in [0.4, 0.5) is 18.9 Å². The molecule has 5 nitrogen and oxygen atoms in total. The number of esters is 1. The number of nitrogens with zero attached hydrogens (tertiary/aromatic N) is 2. The third-order valence-corrected chi connectivity index (χ3v) is 4.57. The predicted molar refractivity (Wildman–Crippen MR) is 95.4 cm³/mol. The summed E-state index contributed by atoms with van der Waals surface area (Å²) in [5.41, 5.74) is -0.632. The second-order valence-corrected chi connectivity index (χ2v) is 6.61. The van der Waals surface area contributed by atoms with E-state index in [1.807, 2.05) is 0 Å². The molecule has 0 fully saturated rings. The van der Waals surface area contributed by atoms with Gasteiger partial charge in [0.05, 0.1) is 17.7 Å². The number of halogens is 4. The van der Waals surface area contributed by atoms with Gasteiger partial charge < -0.3 is 14.5 Å². The van der Waals surface area contributed by atoms with Crippen LogP contribution in [-0.2, 0) is 20.5 Å². The van der Waals surface area contributed by atoms with Crippen molar-refractivity contribution in [2.24, 2.45) is 0 Å². The number of rotatable bonds is 5. The maximum absolute atomic E-state index is 13.1. The van der Waals surface area contributed by atoms with E-state index in [0.29, 0.717) is 25.2 Å². The van der Waals surface area contributed by atoms with Crippen LogP contribution < -0.4 is 4.90 Å². The van der Waals surface area contributed by atoms with E-state index < -0.39 is 11.7 Å². The molecule has 1 heterocycles. The molecule has 0 aliphatic carbocycles. The van der Waals surface area contributed by atoms with Gasteiger partial charge in [-0.05, 0) is 31.5 Å². The van der Waals surface area contributed by atoms with E-state index in [2.05, 4.69) is 4.74 Å². The highest BCUT2D eigenvalue weighted by atomic mass is 35.5. The Morgan fingerprint density at radius 1 is 1.37 bits per heavy atom. The van der Waals surface area contributed by atoms with Crippen LogP contribution in [0.25, 0.3) is 0 Å². The summed E-state index contributed by atoms with van der Waals surface area (Å²) in [6.07, 6.45) is -1.16.